The Morgan fingerprint density at radius 2 is 1.84 bits per heavy atom. The fourth-order valence-corrected chi connectivity index (χ4v) is 4.30. The molecule has 0 bridgehead atoms. The molecule has 0 aliphatic carbocycles. The number of rotatable bonds is 9. The number of ether oxygens (including phenoxy) is 2. The third-order valence-electron chi connectivity index (χ3n) is 6.23. The maximum absolute atomic E-state index is 15.7. The summed E-state index contributed by atoms with van der Waals surface area (Å²) < 4.78 is 27.8. The highest BCUT2D eigenvalue weighted by molar-refractivity contribution is 6.28. The number of aliphatic hydroxyl groups is 1. The van der Waals surface area contributed by atoms with Crippen LogP contribution < -0.4 is 5.73 Å². The molecule has 16 heteroatoms. The largest absolute Gasteiger partial charge is 0.479 e. The van der Waals surface area contributed by atoms with Crippen molar-refractivity contribution < 1.29 is 48.7 Å². The highest BCUT2D eigenvalue weighted by Gasteiger charge is 2.57. The van der Waals surface area contributed by atoms with E-state index in [1.807, 2.05) is 0 Å². The predicted octanol–water partition coefficient (Wildman–Crippen LogP) is 0.914. The number of anilines is 1. The summed E-state index contributed by atoms with van der Waals surface area (Å²) in [6, 6.07) is 4.83. The summed E-state index contributed by atoms with van der Waals surface area (Å²) >= 11 is 5.85. The Morgan fingerprint density at radius 3 is 2.42 bits per heavy atom. The van der Waals surface area contributed by atoms with Gasteiger partial charge in [0, 0.05) is 6.42 Å². The van der Waals surface area contributed by atoms with Crippen LogP contribution in [0.5, 0.6) is 0 Å². The zero-order valence-electron chi connectivity index (χ0n) is 19.5. The quantitative estimate of drug-likeness (QED) is 0.184. The molecule has 4 atom stereocenters. The van der Waals surface area contributed by atoms with E-state index < -0.39 is 60.6 Å². The zero-order chi connectivity index (χ0) is 28.0. The van der Waals surface area contributed by atoms with E-state index in [1.54, 1.807) is 0 Å². The standard InChI is InChI=1S/C22H21ClFN5O9/c1-21(24)13(30)11(38-17(21)29-8-26-12-14(25)27-20(23)28-15(12)29)7-37-22(18(33)34,19(35)36)6-9-2-4-10(5-3-9)16(31)32/h2-5,8,11,13,17,30H,6-7H2,1H3,(H,31,32)(H,33,34)(H,35,36)(H2,25,27,28)/t11-,13-,17-,21-/m1/s1. The van der Waals surface area contributed by atoms with Gasteiger partial charge in [-0.05, 0) is 36.2 Å². The number of hydrogen-bond acceptors (Lipinski definition) is 10. The second-order valence-electron chi connectivity index (χ2n) is 8.75. The number of carboxylic acid groups (broad SMARTS) is 3. The van der Waals surface area contributed by atoms with E-state index in [0.29, 0.717) is 0 Å². The van der Waals surface area contributed by atoms with Gasteiger partial charge in [-0.2, -0.15) is 9.97 Å². The summed E-state index contributed by atoms with van der Waals surface area (Å²) in [4.78, 5) is 47.0. The molecule has 3 heterocycles. The van der Waals surface area contributed by atoms with E-state index in [2.05, 4.69) is 15.0 Å². The fourth-order valence-electron chi connectivity index (χ4n) is 4.13. The first-order chi connectivity index (χ1) is 17.8. The third kappa shape index (κ3) is 4.60. The number of nitrogen functional groups attached to an aromatic ring is 1. The van der Waals surface area contributed by atoms with Gasteiger partial charge in [0.25, 0.3) is 5.60 Å². The van der Waals surface area contributed by atoms with Crippen LogP contribution in [0.1, 0.15) is 29.1 Å². The first-order valence-corrected chi connectivity index (χ1v) is 11.3. The van der Waals surface area contributed by atoms with Crippen LogP contribution in [0.2, 0.25) is 5.28 Å². The molecular formula is C22H21ClFN5O9. The number of halogens is 2. The average Bonchev–Trinajstić information content (AvgIpc) is 3.35. The van der Waals surface area contributed by atoms with Crippen LogP contribution in [0, 0.1) is 0 Å². The van der Waals surface area contributed by atoms with E-state index in [1.165, 1.54) is 24.3 Å². The highest BCUT2D eigenvalue weighted by atomic mass is 35.5. The van der Waals surface area contributed by atoms with Gasteiger partial charge in [-0.25, -0.2) is 23.8 Å². The number of nitrogens with zero attached hydrogens (tertiary/aromatic N) is 4. The molecule has 4 rings (SSSR count). The number of imidazole rings is 1. The monoisotopic (exact) mass is 553 g/mol. The second kappa shape index (κ2) is 9.75. The SMILES string of the molecule is C[C@@]1(F)[C@H](O)[C@@H](COC(Cc2ccc(C(=O)O)cc2)(C(=O)O)C(=O)O)O[C@H]1n1cnc2c(N)nc(Cl)nc21. The Kier molecular flexibility index (Phi) is 6.96. The van der Waals surface area contributed by atoms with Crippen molar-refractivity contribution in [3.05, 3.63) is 47.0 Å². The van der Waals surface area contributed by atoms with E-state index in [4.69, 9.17) is 31.9 Å². The Balaban J connectivity index is 1.60. The summed E-state index contributed by atoms with van der Waals surface area (Å²) in [7, 11) is 0. The number of alkyl halides is 1. The molecule has 2 aromatic heterocycles. The van der Waals surface area contributed by atoms with Crippen LogP contribution in [0.25, 0.3) is 11.2 Å². The fraction of sp³-hybridized carbons (Fsp3) is 0.364. The Labute approximate surface area is 217 Å². The summed E-state index contributed by atoms with van der Waals surface area (Å²) in [5.74, 6) is -5.06. The molecule has 1 aliphatic heterocycles. The number of aromatic carboxylic acids is 1. The summed E-state index contributed by atoms with van der Waals surface area (Å²) in [6.07, 6.45) is -4.54. The van der Waals surface area contributed by atoms with Crippen LogP contribution in [0.4, 0.5) is 10.2 Å². The van der Waals surface area contributed by atoms with Crippen molar-refractivity contribution >= 4 is 46.5 Å². The van der Waals surface area contributed by atoms with Gasteiger partial charge in [-0.1, -0.05) is 12.1 Å². The first kappa shape index (κ1) is 27.1. The number of carboxylic acids is 3. The number of benzene rings is 1. The topological polar surface area (TPSA) is 220 Å². The molecule has 202 valence electrons. The number of aromatic nitrogens is 4. The Morgan fingerprint density at radius 1 is 1.21 bits per heavy atom. The third-order valence-corrected chi connectivity index (χ3v) is 6.40. The van der Waals surface area contributed by atoms with E-state index >= 15 is 4.39 Å². The molecule has 1 aromatic carbocycles. The molecule has 38 heavy (non-hydrogen) atoms. The van der Waals surface area contributed by atoms with E-state index in [9.17, 15) is 29.7 Å². The van der Waals surface area contributed by atoms with Crippen molar-refractivity contribution in [3.63, 3.8) is 0 Å². The molecule has 0 saturated carbocycles. The van der Waals surface area contributed by atoms with Crippen molar-refractivity contribution in [3.8, 4) is 0 Å². The highest BCUT2D eigenvalue weighted by Crippen LogP contribution is 2.43. The van der Waals surface area contributed by atoms with Crippen LogP contribution in [-0.4, -0.2) is 87.9 Å². The Hall–Kier alpha value is -3.92. The smallest absolute Gasteiger partial charge is 0.348 e. The van der Waals surface area contributed by atoms with Gasteiger partial charge < -0.3 is 35.6 Å². The van der Waals surface area contributed by atoms with Gasteiger partial charge in [0.15, 0.2) is 23.4 Å². The van der Waals surface area contributed by atoms with Crippen molar-refractivity contribution in [2.45, 2.75) is 43.1 Å². The first-order valence-electron chi connectivity index (χ1n) is 10.9. The minimum absolute atomic E-state index is 0.000342. The van der Waals surface area contributed by atoms with Crippen molar-refractivity contribution in [2.24, 2.45) is 0 Å². The zero-order valence-corrected chi connectivity index (χ0v) is 20.2. The molecular weight excluding hydrogens is 533 g/mol. The number of hydrogen-bond donors (Lipinski definition) is 5. The molecule has 1 aliphatic rings. The summed E-state index contributed by atoms with van der Waals surface area (Å²) in [5.41, 5.74) is 0.539. The van der Waals surface area contributed by atoms with Crippen LogP contribution in [-0.2, 0) is 25.5 Å². The van der Waals surface area contributed by atoms with Crippen molar-refractivity contribution in [2.75, 3.05) is 12.3 Å². The van der Waals surface area contributed by atoms with Gasteiger partial charge in [0.2, 0.25) is 5.28 Å². The van der Waals surface area contributed by atoms with Crippen LogP contribution in [0.15, 0.2) is 30.6 Å². The van der Waals surface area contributed by atoms with Crippen LogP contribution >= 0.6 is 11.6 Å². The Bertz CT molecular complexity index is 1400. The molecule has 0 radical (unpaired) electrons. The molecule has 0 spiro atoms. The van der Waals surface area contributed by atoms with Gasteiger partial charge in [0.05, 0.1) is 18.5 Å². The number of aliphatic hydroxyl groups excluding tert-OH is 1. The number of carbonyl (C=O) groups is 3. The van der Waals surface area contributed by atoms with Gasteiger partial charge in [-0.3, -0.25) is 4.57 Å². The molecule has 1 saturated heterocycles. The van der Waals surface area contributed by atoms with Crippen LogP contribution in [0.3, 0.4) is 0 Å². The molecule has 14 nitrogen and oxygen atoms in total. The lowest BCUT2D eigenvalue weighted by atomic mass is 9.93. The van der Waals surface area contributed by atoms with Gasteiger partial charge in [-0.15, -0.1) is 0 Å². The lowest BCUT2D eigenvalue weighted by Gasteiger charge is -2.27. The van der Waals surface area contributed by atoms with E-state index in [0.717, 1.165) is 17.8 Å². The molecule has 1 fully saturated rings. The lowest BCUT2D eigenvalue weighted by molar-refractivity contribution is -0.190. The molecule has 0 amide bonds. The molecule has 3 aromatic rings. The maximum atomic E-state index is 15.7. The van der Waals surface area contributed by atoms with Crippen molar-refractivity contribution in [1.82, 2.24) is 19.5 Å². The maximum Gasteiger partial charge on any atom is 0.348 e. The average molecular weight is 554 g/mol. The molecule has 6 N–H and O–H groups in total. The normalized spacial score (nSPS) is 23.5. The number of nitrogens with two attached hydrogens (primary N) is 1. The minimum atomic E-state index is -2.87. The summed E-state index contributed by atoms with van der Waals surface area (Å²) in [6.45, 7) is 0.180. The predicted molar refractivity (Wildman–Crippen MR) is 125 cm³/mol. The van der Waals surface area contributed by atoms with Crippen molar-refractivity contribution in [1.29, 1.82) is 0 Å². The summed E-state index contributed by atoms with van der Waals surface area (Å²) in [5, 5.41) is 39.0. The lowest BCUT2D eigenvalue weighted by Crippen LogP contribution is -2.53. The van der Waals surface area contributed by atoms with Gasteiger partial charge >= 0.3 is 17.9 Å². The molecule has 0 unspecified atom stereocenters. The number of aliphatic carboxylic acids is 2. The second-order valence-corrected chi connectivity index (χ2v) is 9.09. The minimum Gasteiger partial charge on any atom is -0.479 e. The number of fused-ring (bicyclic) bond motifs is 1. The van der Waals surface area contributed by atoms with E-state index in [-0.39, 0.29) is 33.4 Å². The van der Waals surface area contributed by atoms with Gasteiger partial charge in [0.1, 0.15) is 17.7 Å².